The van der Waals surface area contributed by atoms with Crippen LogP contribution in [0.1, 0.15) is 20.8 Å². The van der Waals surface area contributed by atoms with Gasteiger partial charge in [-0.25, -0.2) is 9.59 Å². The Morgan fingerprint density at radius 2 is 1.75 bits per heavy atom. The Morgan fingerprint density at radius 3 is 2.25 bits per heavy atom. The molecule has 0 fully saturated rings. The first-order valence-electron chi connectivity index (χ1n) is 7.46. The van der Waals surface area contributed by atoms with E-state index in [2.05, 4.69) is 10.3 Å². The number of rotatable bonds is 8. The molecule has 0 saturated heterocycles. The average molecular weight is 339 g/mol. The summed E-state index contributed by atoms with van der Waals surface area (Å²) >= 11 is 0. The highest BCUT2D eigenvalue weighted by molar-refractivity contribution is 6.14. The predicted molar refractivity (Wildman–Crippen MR) is 85.6 cm³/mol. The Bertz CT molecular complexity index is 660. The maximum Gasteiger partial charge on any atom is 0.347 e. The SMILES string of the molecule is CCOC(=O)C(=CNc1cc(=O)n(C)c(OCC)n1)C(=O)OCC. The molecule has 0 amide bonds. The van der Waals surface area contributed by atoms with Crippen LogP contribution in [0.25, 0.3) is 0 Å². The number of carbonyl (C=O) groups excluding carboxylic acids is 2. The Labute approximate surface area is 139 Å². The second-order valence-corrected chi connectivity index (χ2v) is 4.40. The van der Waals surface area contributed by atoms with Crippen LogP contribution in [-0.2, 0) is 26.1 Å². The summed E-state index contributed by atoms with van der Waals surface area (Å²) in [5.74, 6) is -1.55. The molecule has 1 heterocycles. The highest BCUT2D eigenvalue weighted by atomic mass is 16.6. The summed E-state index contributed by atoms with van der Waals surface area (Å²) in [5, 5.41) is 2.62. The van der Waals surface area contributed by atoms with Gasteiger partial charge in [-0.15, -0.1) is 0 Å². The highest BCUT2D eigenvalue weighted by Gasteiger charge is 2.21. The number of anilines is 1. The molecule has 0 spiro atoms. The highest BCUT2D eigenvalue weighted by Crippen LogP contribution is 2.09. The average Bonchev–Trinajstić information content (AvgIpc) is 2.53. The fraction of sp³-hybridized carbons (Fsp3) is 0.467. The molecule has 0 radical (unpaired) electrons. The number of esters is 2. The van der Waals surface area contributed by atoms with Crippen LogP contribution in [0.5, 0.6) is 6.01 Å². The Balaban J connectivity index is 3.10. The number of ether oxygens (including phenoxy) is 3. The summed E-state index contributed by atoms with van der Waals surface area (Å²) in [6.07, 6.45) is 1.09. The van der Waals surface area contributed by atoms with Crippen molar-refractivity contribution in [1.82, 2.24) is 9.55 Å². The predicted octanol–water partition coefficient (Wildman–Crippen LogP) is 0.601. The van der Waals surface area contributed by atoms with Gasteiger partial charge in [0.05, 0.1) is 19.8 Å². The van der Waals surface area contributed by atoms with Crippen molar-refractivity contribution in [2.24, 2.45) is 7.05 Å². The van der Waals surface area contributed by atoms with Crippen LogP contribution in [0.15, 0.2) is 22.6 Å². The van der Waals surface area contributed by atoms with E-state index in [9.17, 15) is 14.4 Å². The molecular formula is C15H21N3O6. The third-order valence-electron chi connectivity index (χ3n) is 2.72. The zero-order valence-electron chi connectivity index (χ0n) is 14.1. The maximum absolute atomic E-state index is 11.9. The normalized spacial score (nSPS) is 9.83. The van der Waals surface area contributed by atoms with Crippen LogP contribution in [0.3, 0.4) is 0 Å². The summed E-state index contributed by atoms with van der Waals surface area (Å²) in [4.78, 5) is 39.6. The van der Waals surface area contributed by atoms with E-state index < -0.39 is 11.9 Å². The van der Waals surface area contributed by atoms with Gasteiger partial charge in [0.2, 0.25) is 0 Å². The van der Waals surface area contributed by atoms with E-state index in [1.807, 2.05) is 0 Å². The first-order valence-corrected chi connectivity index (χ1v) is 7.46. The molecule has 0 saturated carbocycles. The zero-order valence-corrected chi connectivity index (χ0v) is 14.1. The van der Waals surface area contributed by atoms with Gasteiger partial charge in [-0.05, 0) is 20.8 Å². The van der Waals surface area contributed by atoms with Gasteiger partial charge >= 0.3 is 17.9 Å². The molecule has 0 atom stereocenters. The molecule has 0 aliphatic heterocycles. The topological polar surface area (TPSA) is 109 Å². The van der Waals surface area contributed by atoms with Crippen LogP contribution in [0.4, 0.5) is 5.82 Å². The van der Waals surface area contributed by atoms with Crippen molar-refractivity contribution < 1.29 is 23.8 Å². The molecule has 9 heteroatoms. The van der Waals surface area contributed by atoms with Crippen molar-refractivity contribution in [2.45, 2.75) is 20.8 Å². The van der Waals surface area contributed by atoms with Gasteiger partial charge in [0, 0.05) is 19.3 Å². The Kier molecular flexibility index (Phi) is 7.47. The summed E-state index contributed by atoms with van der Waals surface area (Å²) in [6.45, 7) is 5.53. The lowest BCUT2D eigenvalue weighted by Gasteiger charge is -2.10. The van der Waals surface area contributed by atoms with Crippen molar-refractivity contribution >= 4 is 17.8 Å². The quantitative estimate of drug-likeness (QED) is 0.317. The van der Waals surface area contributed by atoms with E-state index >= 15 is 0 Å². The van der Waals surface area contributed by atoms with Gasteiger partial charge < -0.3 is 19.5 Å². The fourth-order valence-electron chi connectivity index (χ4n) is 1.62. The molecule has 0 unspecified atom stereocenters. The summed E-state index contributed by atoms with van der Waals surface area (Å²) in [7, 11) is 1.52. The second kappa shape index (κ2) is 9.33. The Morgan fingerprint density at radius 1 is 1.17 bits per heavy atom. The summed E-state index contributed by atoms with van der Waals surface area (Å²) < 4.78 is 16.1. The van der Waals surface area contributed by atoms with Crippen LogP contribution in [-0.4, -0.2) is 41.3 Å². The van der Waals surface area contributed by atoms with Crippen molar-refractivity contribution in [2.75, 3.05) is 25.1 Å². The van der Waals surface area contributed by atoms with Crippen molar-refractivity contribution in [3.8, 4) is 6.01 Å². The van der Waals surface area contributed by atoms with Crippen molar-refractivity contribution in [1.29, 1.82) is 0 Å². The van der Waals surface area contributed by atoms with Crippen molar-refractivity contribution in [3.05, 3.63) is 28.2 Å². The standard InChI is InChI=1S/C15H21N3O6/c1-5-22-13(20)10(14(21)23-6-2)9-16-11-8-12(19)18(4)15(17-11)24-7-3/h8-9,16H,5-7H2,1-4H3. The van der Waals surface area contributed by atoms with Crippen LogP contribution < -0.4 is 15.6 Å². The Hall–Kier alpha value is -2.84. The molecule has 1 N–H and O–H groups in total. The number of hydrogen-bond acceptors (Lipinski definition) is 8. The lowest BCUT2D eigenvalue weighted by Crippen LogP contribution is -2.22. The lowest BCUT2D eigenvalue weighted by atomic mass is 10.3. The molecule has 0 aliphatic rings. The molecule has 1 aromatic heterocycles. The van der Waals surface area contributed by atoms with Crippen LogP contribution >= 0.6 is 0 Å². The fourth-order valence-corrected chi connectivity index (χ4v) is 1.62. The molecule has 24 heavy (non-hydrogen) atoms. The van der Waals surface area contributed by atoms with E-state index in [0.717, 1.165) is 6.20 Å². The number of aromatic nitrogens is 2. The van der Waals surface area contributed by atoms with Crippen LogP contribution in [0, 0.1) is 0 Å². The molecule has 1 aromatic rings. The van der Waals surface area contributed by atoms with Crippen LogP contribution in [0.2, 0.25) is 0 Å². The third-order valence-corrected chi connectivity index (χ3v) is 2.72. The largest absolute Gasteiger partial charge is 0.465 e. The van der Waals surface area contributed by atoms with Gasteiger partial charge in [-0.3, -0.25) is 9.36 Å². The van der Waals surface area contributed by atoms with E-state index in [4.69, 9.17) is 14.2 Å². The van der Waals surface area contributed by atoms with Crippen molar-refractivity contribution in [3.63, 3.8) is 0 Å². The summed E-state index contributed by atoms with van der Waals surface area (Å²) in [5.41, 5.74) is -0.697. The van der Waals surface area contributed by atoms with Gasteiger partial charge in [0.15, 0.2) is 5.57 Å². The minimum Gasteiger partial charge on any atom is -0.465 e. The molecule has 0 aliphatic carbocycles. The monoisotopic (exact) mass is 339 g/mol. The minimum absolute atomic E-state index is 0.105. The number of nitrogens with zero attached hydrogens (tertiary/aromatic N) is 2. The van der Waals surface area contributed by atoms with E-state index in [-0.39, 0.29) is 36.2 Å². The van der Waals surface area contributed by atoms with E-state index in [1.165, 1.54) is 17.7 Å². The number of nitrogens with one attached hydrogen (secondary N) is 1. The van der Waals surface area contributed by atoms with Gasteiger partial charge in [-0.1, -0.05) is 0 Å². The first kappa shape index (κ1) is 19.2. The maximum atomic E-state index is 11.9. The molecule has 0 aromatic carbocycles. The lowest BCUT2D eigenvalue weighted by molar-refractivity contribution is -0.146. The molecule has 1 rings (SSSR count). The van der Waals surface area contributed by atoms with Gasteiger partial charge in [0.1, 0.15) is 5.82 Å². The number of carbonyl (C=O) groups is 2. The number of hydrogen-bond donors (Lipinski definition) is 1. The third kappa shape index (κ3) is 5.11. The molecule has 132 valence electrons. The van der Waals surface area contributed by atoms with Gasteiger partial charge in [-0.2, -0.15) is 4.98 Å². The molecule has 0 bridgehead atoms. The molecular weight excluding hydrogens is 318 g/mol. The van der Waals surface area contributed by atoms with Gasteiger partial charge in [0.25, 0.3) is 5.56 Å². The van der Waals surface area contributed by atoms with E-state index in [0.29, 0.717) is 6.61 Å². The zero-order chi connectivity index (χ0) is 18.1. The van der Waals surface area contributed by atoms with E-state index in [1.54, 1.807) is 20.8 Å². The second-order valence-electron chi connectivity index (χ2n) is 4.40. The smallest absolute Gasteiger partial charge is 0.347 e. The summed E-state index contributed by atoms with van der Waals surface area (Å²) in [6, 6.07) is 1.31. The molecule has 9 nitrogen and oxygen atoms in total. The first-order chi connectivity index (χ1) is 11.4. The minimum atomic E-state index is -0.836.